The minimum absolute atomic E-state index is 0.0326. The van der Waals surface area contributed by atoms with E-state index in [0.29, 0.717) is 12.5 Å². The van der Waals surface area contributed by atoms with Gasteiger partial charge in [0.05, 0.1) is 12.1 Å². The lowest BCUT2D eigenvalue weighted by molar-refractivity contribution is 0.691. The molecule has 0 saturated heterocycles. The van der Waals surface area contributed by atoms with Crippen molar-refractivity contribution < 1.29 is 0 Å². The molecule has 1 fully saturated rings. The molecule has 0 radical (unpaired) electrons. The fourth-order valence-electron chi connectivity index (χ4n) is 3.45. The largest absolute Gasteiger partial charge is 0.301 e. The van der Waals surface area contributed by atoms with Crippen LogP contribution in [0.2, 0.25) is 0 Å². The van der Waals surface area contributed by atoms with Gasteiger partial charge >= 0.3 is 0 Å². The number of aryl methyl sites for hydroxylation is 1. The molecule has 0 bridgehead atoms. The van der Waals surface area contributed by atoms with Gasteiger partial charge in [-0.3, -0.25) is 4.79 Å². The molecule has 0 amide bonds. The highest BCUT2D eigenvalue weighted by molar-refractivity contribution is 5.82. The minimum Gasteiger partial charge on any atom is -0.301 e. The summed E-state index contributed by atoms with van der Waals surface area (Å²) < 4.78 is 3.54. The molecule has 0 N–H and O–H groups in total. The van der Waals surface area contributed by atoms with E-state index >= 15 is 0 Å². The van der Waals surface area contributed by atoms with Crippen LogP contribution in [0.15, 0.2) is 59.5 Å². The van der Waals surface area contributed by atoms with Crippen LogP contribution in [-0.4, -0.2) is 24.3 Å². The summed E-state index contributed by atoms with van der Waals surface area (Å²) in [5.41, 5.74) is 1.86. The summed E-state index contributed by atoms with van der Waals surface area (Å²) in [5, 5.41) is 5.77. The molecule has 0 atom stereocenters. The summed E-state index contributed by atoms with van der Waals surface area (Å²) >= 11 is 0. The lowest BCUT2D eigenvalue weighted by Crippen LogP contribution is -2.23. The van der Waals surface area contributed by atoms with Crippen molar-refractivity contribution in [3.63, 3.8) is 0 Å². The lowest BCUT2D eigenvalue weighted by atomic mass is 10.1. The summed E-state index contributed by atoms with van der Waals surface area (Å²) in [7, 11) is 0. The number of pyridine rings is 2. The van der Waals surface area contributed by atoms with Crippen LogP contribution in [0.1, 0.15) is 36.0 Å². The summed E-state index contributed by atoms with van der Waals surface area (Å²) in [6.45, 7) is 2.32. The zero-order valence-corrected chi connectivity index (χ0v) is 15.0. The molecule has 134 valence electrons. The second-order valence-corrected chi connectivity index (χ2v) is 7.03. The Morgan fingerprint density at radius 3 is 2.70 bits per heavy atom. The van der Waals surface area contributed by atoms with Gasteiger partial charge in [0.2, 0.25) is 0 Å². The van der Waals surface area contributed by atoms with Gasteiger partial charge in [-0.15, -0.1) is 5.10 Å². The molecule has 0 aliphatic heterocycles. The van der Waals surface area contributed by atoms with Gasteiger partial charge in [-0.05, 0) is 43.5 Å². The second kappa shape index (κ2) is 6.16. The van der Waals surface area contributed by atoms with Gasteiger partial charge in [0.15, 0.2) is 17.5 Å². The molecular formula is C21H19N5O. The van der Waals surface area contributed by atoms with E-state index in [4.69, 9.17) is 10.1 Å². The Hall–Kier alpha value is -3.28. The van der Waals surface area contributed by atoms with Gasteiger partial charge in [-0.1, -0.05) is 24.3 Å². The number of fused-ring (bicyclic) bond motifs is 1. The number of nitrogens with zero attached hydrogens (tertiary/aromatic N) is 5. The summed E-state index contributed by atoms with van der Waals surface area (Å²) in [6, 6.07) is 15.4. The quantitative estimate of drug-likeness (QED) is 0.562. The number of benzene rings is 1. The summed E-state index contributed by atoms with van der Waals surface area (Å²) in [5.74, 6) is 2.73. The van der Waals surface area contributed by atoms with Crippen molar-refractivity contribution in [1.29, 1.82) is 0 Å². The number of hydrogen-bond donors (Lipinski definition) is 0. The van der Waals surface area contributed by atoms with Crippen LogP contribution in [-0.2, 0) is 6.54 Å². The van der Waals surface area contributed by atoms with E-state index in [0.717, 1.165) is 46.8 Å². The smallest absolute Gasteiger partial charge is 0.251 e. The Bertz CT molecular complexity index is 1190. The van der Waals surface area contributed by atoms with Crippen molar-refractivity contribution in [3.05, 3.63) is 82.3 Å². The van der Waals surface area contributed by atoms with Crippen molar-refractivity contribution >= 4 is 10.9 Å². The van der Waals surface area contributed by atoms with Crippen LogP contribution >= 0.6 is 0 Å². The molecule has 0 unspecified atom stereocenters. The molecule has 0 spiro atoms. The molecule has 27 heavy (non-hydrogen) atoms. The van der Waals surface area contributed by atoms with Gasteiger partial charge in [0, 0.05) is 23.6 Å². The van der Waals surface area contributed by atoms with E-state index in [-0.39, 0.29) is 5.56 Å². The molecule has 1 aliphatic carbocycles. The van der Waals surface area contributed by atoms with E-state index < -0.39 is 0 Å². The molecular weight excluding hydrogens is 338 g/mol. The molecule has 1 aromatic carbocycles. The highest BCUT2D eigenvalue weighted by atomic mass is 16.1. The predicted octanol–water partition coefficient (Wildman–Crippen LogP) is 3.21. The van der Waals surface area contributed by atoms with Crippen LogP contribution in [0.5, 0.6) is 0 Å². The van der Waals surface area contributed by atoms with E-state index in [1.807, 2.05) is 49.4 Å². The topological polar surface area (TPSA) is 65.6 Å². The first-order valence-electron chi connectivity index (χ1n) is 9.17. The molecule has 1 saturated carbocycles. The predicted molar refractivity (Wildman–Crippen MR) is 103 cm³/mol. The average molecular weight is 357 g/mol. The Labute approximate surface area is 156 Å². The van der Waals surface area contributed by atoms with Crippen molar-refractivity contribution in [3.8, 4) is 5.82 Å². The lowest BCUT2D eigenvalue weighted by Gasteiger charge is -2.12. The molecule has 5 rings (SSSR count). The van der Waals surface area contributed by atoms with Crippen LogP contribution < -0.4 is 5.56 Å². The molecule has 1 aliphatic rings. The SMILES string of the molecule is Cc1cc(=O)n(Cc2nc(C3CC3)nn2-c2ccccn2)c2ccccc12. The number of rotatable bonds is 4. The maximum Gasteiger partial charge on any atom is 0.251 e. The zero-order valence-electron chi connectivity index (χ0n) is 15.0. The summed E-state index contributed by atoms with van der Waals surface area (Å²) in [6.07, 6.45) is 3.99. The number of hydrogen-bond acceptors (Lipinski definition) is 4. The molecule has 3 heterocycles. The highest BCUT2D eigenvalue weighted by Crippen LogP contribution is 2.38. The minimum atomic E-state index is -0.0326. The third kappa shape index (κ3) is 2.83. The Balaban J connectivity index is 1.67. The molecule has 6 heteroatoms. The molecule has 6 nitrogen and oxygen atoms in total. The van der Waals surface area contributed by atoms with Crippen LogP contribution in [0.3, 0.4) is 0 Å². The molecule has 3 aromatic heterocycles. The summed E-state index contributed by atoms with van der Waals surface area (Å²) in [4.78, 5) is 21.9. The number of aromatic nitrogens is 5. The van der Waals surface area contributed by atoms with Crippen LogP contribution in [0.4, 0.5) is 0 Å². The van der Waals surface area contributed by atoms with E-state index in [1.54, 1.807) is 21.5 Å². The van der Waals surface area contributed by atoms with Gasteiger partial charge in [0.25, 0.3) is 5.56 Å². The average Bonchev–Trinajstić information content (AvgIpc) is 3.46. The van der Waals surface area contributed by atoms with Crippen molar-refractivity contribution in [2.24, 2.45) is 0 Å². The third-order valence-corrected chi connectivity index (χ3v) is 5.02. The maximum atomic E-state index is 12.7. The van der Waals surface area contributed by atoms with E-state index in [2.05, 4.69) is 4.98 Å². The molecule has 4 aromatic rings. The highest BCUT2D eigenvalue weighted by Gasteiger charge is 2.29. The van der Waals surface area contributed by atoms with Gasteiger partial charge in [-0.2, -0.15) is 4.68 Å². The first-order valence-corrected chi connectivity index (χ1v) is 9.17. The zero-order chi connectivity index (χ0) is 18.4. The maximum absolute atomic E-state index is 12.7. The van der Waals surface area contributed by atoms with Gasteiger partial charge in [0.1, 0.15) is 0 Å². The Kier molecular flexibility index (Phi) is 3.63. The van der Waals surface area contributed by atoms with Crippen molar-refractivity contribution in [1.82, 2.24) is 24.3 Å². The van der Waals surface area contributed by atoms with Crippen LogP contribution in [0.25, 0.3) is 16.7 Å². The standard InChI is InChI=1S/C21H19N5O/c1-14-12-20(27)25(17-7-3-2-6-16(14)17)13-19-23-21(15-9-10-15)24-26(19)18-8-4-5-11-22-18/h2-8,11-12,15H,9-10,13H2,1H3. The van der Waals surface area contributed by atoms with E-state index in [1.165, 1.54) is 0 Å². The third-order valence-electron chi connectivity index (χ3n) is 5.02. The first-order chi connectivity index (χ1) is 13.2. The Morgan fingerprint density at radius 2 is 1.93 bits per heavy atom. The normalized spacial score (nSPS) is 14.0. The monoisotopic (exact) mass is 357 g/mol. The first kappa shape index (κ1) is 15.9. The Morgan fingerprint density at radius 1 is 1.11 bits per heavy atom. The fraction of sp³-hybridized carbons (Fsp3) is 0.238. The van der Waals surface area contributed by atoms with Gasteiger partial charge in [-0.25, -0.2) is 9.97 Å². The number of para-hydroxylation sites is 1. The van der Waals surface area contributed by atoms with Crippen LogP contribution in [0, 0.1) is 6.92 Å². The fourth-order valence-corrected chi connectivity index (χ4v) is 3.45. The van der Waals surface area contributed by atoms with E-state index in [9.17, 15) is 4.79 Å². The van der Waals surface area contributed by atoms with Crippen molar-refractivity contribution in [2.45, 2.75) is 32.2 Å². The van der Waals surface area contributed by atoms with Gasteiger partial charge < -0.3 is 4.57 Å². The second-order valence-electron chi connectivity index (χ2n) is 7.03. The van der Waals surface area contributed by atoms with Crippen molar-refractivity contribution in [2.75, 3.05) is 0 Å².